The van der Waals surface area contributed by atoms with E-state index < -0.39 is 0 Å². The predicted octanol–water partition coefficient (Wildman–Crippen LogP) is 3.83. The number of aromatic nitrogens is 1. The van der Waals surface area contributed by atoms with E-state index in [4.69, 9.17) is 11.6 Å². The number of benzene rings is 2. The number of nitrogens with one attached hydrogen (secondary N) is 1. The van der Waals surface area contributed by atoms with Gasteiger partial charge in [0, 0.05) is 31.4 Å². The van der Waals surface area contributed by atoms with Gasteiger partial charge in [-0.2, -0.15) is 0 Å². The summed E-state index contributed by atoms with van der Waals surface area (Å²) >= 11 is 6.51. The minimum atomic E-state index is -0.297. The lowest BCUT2D eigenvalue weighted by atomic mass is 10.0. The molecule has 2 N–H and O–H groups in total. The number of carbonyl (C=O) groups excluding carboxylic acids is 1. The summed E-state index contributed by atoms with van der Waals surface area (Å²) < 4.78 is 0. The predicted molar refractivity (Wildman–Crippen MR) is 110 cm³/mol. The van der Waals surface area contributed by atoms with Gasteiger partial charge in [-0.1, -0.05) is 60.1 Å². The first kappa shape index (κ1) is 18.6. The number of rotatable bonds is 5. The summed E-state index contributed by atoms with van der Waals surface area (Å²) in [5, 5.41) is 12.6. The van der Waals surface area contributed by atoms with E-state index >= 15 is 0 Å². The van der Waals surface area contributed by atoms with Crippen LogP contribution in [-0.2, 0) is 6.54 Å². The fourth-order valence-corrected chi connectivity index (χ4v) is 3.57. The molecule has 0 unspecified atom stereocenters. The third-order valence-electron chi connectivity index (χ3n) is 4.74. The highest BCUT2D eigenvalue weighted by Gasteiger charge is 2.24. The van der Waals surface area contributed by atoms with Gasteiger partial charge < -0.3 is 10.4 Å². The quantitative estimate of drug-likeness (QED) is 0.691. The summed E-state index contributed by atoms with van der Waals surface area (Å²) in [6, 6.07) is 18.8. The van der Waals surface area contributed by atoms with Crippen LogP contribution in [0, 0.1) is 0 Å². The molecule has 2 heterocycles. The first-order valence-electron chi connectivity index (χ1n) is 9.11. The number of β-amino-alcohol motifs (C(OH)–C–C–N with tert-alkyl or cyclic N) is 1. The number of carbonyl (C=O) groups is 1. The van der Waals surface area contributed by atoms with E-state index in [-0.39, 0.29) is 12.0 Å². The molecule has 2 aromatic carbocycles. The zero-order valence-electron chi connectivity index (χ0n) is 15.2. The van der Waals surface area contributed by atoms with Crippen molar-refractivity contribution in [1.29, 1.82) is 0 Å². The van der Waals surface area contributed by atoms with Gasteiger partial charge in [0.05, 0.1) is 16.7 Å². The minimum Gasteiger partial charge on any atom is -0.390 e. The van der Waals surface area contributed by atoms with Crippen molar-refractivity contribution < 1.29 is 9.90 Å². The number of halogens is 1. The molecular weight excluding hydrogens is 374 g/mol. The maximum atomic E-state index is 12.7. The molecule has 1 fully saturated rings. The van der Waals surface area contributed by atoms with Gasteiger partial charge in [-0.3, -0.25) is 9.69 Å². The third-order valence-corrected chi connectivity index (χ3v) is 5.15. The molecule has 1 saturated heterocycles. The number of aliphatic hydroxyl groups excluding tert-OH is 1. The molecule has 5 nitrogen and oxygen atoms in total. The highest BCUT2D eigenvalue weighted by Crippen LogP contribution is 2.31. The van der Waals surface area contributed by atoms with Crippen molar-refractivity contribution in [3.63, 3.8) is 0 Å². The standard InChI is InChI=1S/C22H20ClN3O2/c23-21-18(16-5-2-1-3-6-16)7-4-8-19(21)22(28)25-20-10-9-15(11-24-20)12-26-13-17(27)14-26/h1-11,17,27H,12-14H2,(H,24,25,28). The van der Waals surface area contributed by atoms with Gasteiger partial charge in [-0.15, -0.1) is 0 Å². The number of pyridine rings is 1. The smallest absolute Gasteiger partial charge is 0.258 e. The number of hydrogen-bond donors (Lipinski definition) is 2. The van der Waals surface area contributed by atoms with Gasteiger partial charge in [-0.25, -0.2) is 4.98 Å². The van der Waals surface area contributed by atoms with Gasteiger partial charge in [0.2, 0.25) is 0 Å². The molecule has 0 radical (unpaired) electrons. The lowest BCUT2D eigenvalue weighted by molar-refractivity contribution is -0.00291. The van der Waals surface area contributed by atoms with Crippen LogP contribution >= 0.6 is 11.6 Å². The number of anilines is 1. The van der Waals surface area contributed by atoms with E-state index in [0.717, 1.165) is 23.2 Å². The van der Waals surface area contributed by atoms with Gasteiger partial charge in [0.15, 0.2) is 0 Å². The zero-order valence-corrected chi connectivity index (χ0v) is 15.9. The largest absolute Gasteiger partial charge is 0.390 e. The molecule has 28 heavy (non-hydrogen) atoms. The summed E-state index contributed by atoms with van der Waals surface area (Å²) in [6.45, 7) is 2.12. The fourth-order valence-electron chi connectivity index (χ4n) is 3.25. The first-order valence-corrected chi connectivity index (χ1v) is 9.48. The van der Waals surface area contributed by atoms with E-state index in [1.807, 2.05) is 48.5 Å². The average Bonchev–Trinajstić information content (AvgIpc) is 2.69. The Morgan fingerprint density at radius 2 is 1.89 bits per heavy atom. The SMILES string of the molecule is O=C(Nc1ccc(CN2CC(O)C2)cn1)c1cccc(-c2ccccc2)c1Cl. The van der Waals surface area contributed by atoms with Crippen molar-refractivity contribution in [2.45, 2.75) is 12.6 Å². The topological polar surface area (TPSA) is 65.5 Å². The lowest BCUT2D eigenvalue weighted by Crippen LogP contribution is -2.49. The monoisotopic (exact) mass is 393 g/mol. The summed E-state index contributed by atoms with van der Waals surface area (Å²) in [7, 11) is 0. The van der Waals surface area contributed by atoms with E-state index in [2.05, 4.69) is 15.2 Å². The maximum Gasteiger partial charge on any atom is 0.258 e. The molecule has 6 heteroatoms. The van der Waals surface area contributed by atoms with Gasteiger partial charge in [-0.05, 0) is 23.3 Å². The van der Waals surface area contributed by atoms with Crippen LogP contribution in [0.1, 0.15) is 15.9 Å². The summed E-state index contributed by atoms with van der Waals surface area (Å²) in [5.41, 5.74) is 3.22. The number of likely N-dealkylation sites (tertiary alicyclic amines) is 1. The van der Waals surface area contributed by atoms with Crippen LogP contribution in [0.4, 0.5) is 5.82 Å². The Labute approximate surface area is 168 Å². The van der Waals surface area contributed by atoms with E-state index in [0.29, 0.717) is 29.5 Å². The van der Waals surface area contributed by atoms with E-state index in [1.165, 1.54) is 0 Å². The van der Waals surface area contributed by atoms with Crippen molar-refractivity contribution >= 4 is 23.3 Å². The van der Waals surface area contributed by atoms with Crippen molar-refractivity contribution in [3.8, 4) is 11.1 Å². The van der Waals surface area contributed by atoms with Gasteiger partial charge >= 0.3 is 0 Å². The summed E-state index contributed by atoms with van der Waals surface area (Å²) in [4.78, 5) is 19.2. The molecule has 1 amide bonds. The molecule has 1 aromatic heterocycles. The molecule has 0 aliphatic carbocycles. The van der Waals surface area contributed by atoms with Crippen LogP contribution in [0.25, 0.3) is 11.1 Å². The first-order chi connectivity index (χ1) is 13.6. The molecule has 0 atom stereocenters. The third kappa shape index (κ3) is 4.07. The molecule has 1 aliphatic heterocycles. The van der Waals surface area contributed by atoms with Crippen molar-refractivity contribution in [3.05, 3.63) is 83.0 Å². The average molecular weight is 394 g/mol. The second-order valence-corrected chi connectivity index (χ2v) is 7.26. The molecular formula is C22H20ClN3O2. The molecule has 4 rings (SSSR count). The molecule has 1 aliphatic rings. The number of hydrogen-bond acceptors (Lipinski definition) is 4. The van der Waals surface area contributed by atoms with Crippen LogP contribution < -0.4 is 5.32 Å². The van der Waals surface area contributed by atoms with Crippen LogP contribution in [0.5, 0.6) is 0 Å². The number of amides is 1. The zero-order chi connectivity index (χ0) is 19.5. The van der Waals surface area contributed by atoms with Crippen molar-refractivity contribution in [2.75, 3.05) is 18.4 Å². The Balaban J connectivity index is 1.46. The molecule has 142 valence electrons. The normalized spacial score (nSPS) is 14.5. The Hall–Kier alpha value is -2.73. The Kier molecular flexibility index (Phi) is 5.39. The van der Waals surface area contributed by atoms with Crippen LogP contribution in [0.2, 0.25) is 5.02 Å². The van der Waals surface area contributed by atoms with Gasteiger partial charge in [0.25, 0.3) is 5.91 Å². The fraction of sp³-hybridized carbons (Fsp3) is 0.182. The molecule has 0 saturated carbocycles. The lowest BCUT2D eigenvalue weighted by Gasteiger charge is -2.35. The van der Waals surface area contributed by atoms with Crippen LogP contribution in [0.3, 0.4) is 0 Å². The molecule has 0 spiro atoms. The highest BCUT2D eigenvalue weighted by molar-refractivity contribution is 6.37. The van der Waals surface area contributed by atoms with E-state index in [1.54, 1.807) is 18.3 Å². The van der Waals surface area contributed by atoms with Gasteiger partial charge in [0.1, 0.15) is 5.82 Å². The second-order valence-electron chi connectivity index (χ2n) is 6.89. The number of aliphatic hydroxyl groups is 1. The molecule has 3 aromatic rings. The maximum absolute atomic E-state index is 12.7. The minimum absolute atomic E-state index is 0.220. The second kappa shape index (κ2) is 8.10. The van der Waals surface area contributed by atoms with Crippen LogP contribution in [0.15, 0.2) is 66.9 Å². The molecule has 0 bridgehead atoms. The Morgan fingerprint density at radius 1 is 1.11 bits per heavy atom. The summed E-state index contributed by atoms with van der Waals surface area (Å²) in [6.07, 6.45) is 1.52. The Bertz CT molecular complexity index is 971. The van der Waals surface area contributed by atoms with Crippen molar-refractivity contribution in [1.82, 2.24) is 9.88 Å². The van der Waals surface area contributed by atoms with Crippen LogP contribution in [-0.4, -0.2) is 40.1 Å². The van der Waals surface area contributed by atoms with E-state index in [9.17, 15) is 9.90 Å². The summed E-state index contributed by atoms with van der Waals surface area (Å²) in [5.74, 6) is 0.174. The highest BCUT2D eigenvalue weighted by atomic mass is 35.5. The van der Waals surface area contributed by atoms with Crippen molar-refractivity contribution in [2.24, 2.45) is 0 Å². The Morgan fingerprint density at radius 3 is 2.57 bits per heavy atom. The number of nitrogens with zero attached hydrogens (tertiary/aromatic N) is 2.